The van der Waals surface area contributed by atoms with Crippen molar-refractivity contribution >= 4 is 46.7 Å². The first-order valence-electron chi connectivity index (χ1n) is 10.0. The molecule has 1 aliphatic heterocycles. The summed E-state index contributed by atoms with van der Waals surface area (Å²) < 4.78 is 1.11. The lowest BCUT2D eigenvalue weighted by atomic mass is 9.82. The van der Waals surface area contributed by atoms with E-state index in [1.807, 2.05) is 26.1 Å². The van der Waals surface area contributed by atoms with Gasteiger partial charge in [-0.1, -0.05) is 42.6 Å². The molecule has 2 atom stereocenters. The highest BCUT2D eigenvalue weighted by molar-refractivity contribution is 7.19. The van der Waals surface area contributed by atoms with Crippen molar-refractivity contribution in [3.05, 3.63) is 46.5 Å². The highest BCUT2D eigenvalue weighted by Gasteiger charge is 2.72. The van der Waals surface area contributed by atoms with Crippen LogP contribution in [0.25, 0.3) is 21.3 Å². The Balaban J connectivity index is 1.52. The van der Waals surface area contributed by atoms with E-state index in [4.69, 9.17) is 0 Å². The van der Waals surface area contributed by atoms with Gasteiger partial charge in [-0.3, -0.25) is 19.5 Å². The van der Waals surface area contributed by atoms with Crippen LogP contribution < -0.4 is 5.46 Å². The van der Waals surface area contributed by atoms with Crippen LogP contribution >= 0.6 is 11.3 Å². The van der Waals surface area contributed by atoms with Crippen molar-refractivity contribution in [2.24, 2.45) is 17.3 Å². The number of aromatic nitrogens is 1. The largest absolute Gasteiger partial charge is 0.277 e. The van der Waals surface area contributed by atoms with Gasteiger partial charge in [0.1, 0.15) is 7.85 Å². The molecule has 4 nitrogen and oxygen atoms in total. The Morgan fingerprint density at radius 2 is 1.79 bits per heavy atom. The zero-order valence-electron chi connectivity index (χ0n) is 17.4. The summed E-state index contributed by atoms with van der Waals surface area (Å²) in [6.07, 6.45) is 1.84. The minimum Gasteiger partial charge on any atom is -0.277 e. The van der Waals surface area contributed by atoms with Crippen LogP contribution in [-0.4, -0.2) is 29.5 Å². The van der Waals surface area contributed by atoms with E-state index < -0.39 is 0 Å². The molecule has 3 aromatic rings. The number of nitrogens with zero attached hydrogens (tertiary/aromatic N) is 2. The number of likely N-dealkylation sites (tertiary alicyclic amines) is 1. The maximum atomic E-state index is 12.7. The fraction of sp³-hybridized carbons (Fsp3) is 0.348. The van der Waals surface area contributed by atoms with E-state index in [0.29, 0.717) is 6.54 Å². The second-order valence-corrected chi connectivity index (χ2v) is 10.2. The molecule has 1 saturated heterocycles. The van der Waals surface area contributed by atoms with Gasteiger partial charge in [-0.2, -0.15) is 0 Å². The molecule has 5 rings (SSSR count). The molecule has 0 radical (unpaired) electrons. The number of hydrogen-bond acceptors (Lipinski definition) is 4. The molecule has 0 spiro atoms. The molecule has 2 fully saturated rings. The molecule has 1 aliphatic carbocycles. The number of imide groups is 1. The molecule has 2 aromatic heterocycles. The monoisotopic (exact) mass is 402 g/mol. The number of carbonyl (C=O) groups is 2. The molecular formula is C23H23BN2O2S. The third-order valence-electron chi connectivity index (χ3n) is 6.77. The van der Waals surface area contributed by atoms with Crippen LogP contribution in [0.3, 0.4) is 0 Å². The average molecular weight is 402 g/mol. The first-order chi connectivity index (χ1) is 13.7. The lowest BCUT2D eigenvalue weighted by Gasteiger charge is -2.19. The summed E-state index contributed by atoms with van der Waals surface area (Å²) in [6.45, 7) is 8.63. The predicted octanol–water partition coefficient (Wildman–Crippen LogP) is 2.98. The van der Waals surface area contributed by atoms with Gasteiger partial charge in [0.15, 0.2) is 0 Å². The van der Waals surface area contributed by atoms with Crippen LogP contribution in [0.2, 0.25) is 0 Å². The van der Waals surface area contributed by atoms with E-state index in [1.165, 1.54) is 32.6 Å². The fourth-order valence-electron chi connectivity index (χ4n) is 4.91. The Bertz CT molecular complexity index is 1190. The molecule has 0 bridgehead atoms. The summed E-state index contributed by atoms with van der Waals surface area (Å²) in [7, 11) is 2.15. The third-order valence-corrected chi connectivity index (χ3v) is 7.91. The van der Waals surface area contributed by atoms with Gasteiger partial charge in [0.2, 0.25) is 11.8 Å². The van der Waals surface area contributed by atoms with Gasteiger partial charge in [0, 0.05) is 16.6 Å². The van der Waals surface area contributed by atoms with Crippen LogP contribution in [0.15, 0.2) is 30.5 Å². The number of thiophene rings is 1. The third kappa shape index (κ3) is 2.62. The summed E-state index contributed by atoms with van der Waals surface area (Å²) in [5.41, 5.74) is 6.92. The van der Waals surface area contributed by atoms with E-state index in [1.54, 1.807) is 11.3 Å². The smallest absolute Gasteiger partial charge is 0.234 e. The summed E-state index contributed by atoms with van der Waals surface area (Å²) in [5.74, 6) is -0.284. The van der Waals surface area contributed by atoms with Crippen molar-refractivity contribution in [3.8, 4) is 11.1 Å². The average Bonchev–Trinajstić information content (AvgIpc) is 2.93. The second kappa shape index (κ2) is 6.02. The summed E-state index contributed by atoms with van der Waals surface area (Å²) in [4.78, 5) is 32.4. The van der Waals surface area contributed by atoms with E-state index in [0.717, 1.165) is 15.1 Å². The maximum absolute atomic E-state index is 12.7. The van der Waals surface area contributed by atoms with Gasteiger partial charge in [-0.25, -0.2) is 0 Å². The number of amides is 2. The number of aryl methyl sites for hydroxylation is 2. The van der Waals surface area contributed by atoms with Crippen LogP contribution in [-0.2, 0) is 16.1 Å². The molecule has 146 valence electrons. The molecule has 3 heterocycles. The van der Waals surface area contributed by atoms with Gasteiger partial charge in [0.25, 0.3) is 0 Å². The SMILES string of the molecule is Bc1c(C)cc(C)cc1-c1ccnc2cc(CN3C(=O)C4C(C3=O)C4(C)C)sc12. The number of fused-ring (bicyclic) bond motifs is 2. The van der Waals surface area contributed by atoms with E-state index in [-0.39, 0.29) is 29.1 Å². The number of benzene rings is 1. The lowest BCUT2D eigenvalue weighted by Crippen LogP contribution is -2.35. The minimum absolute atomic E-state index is 0.0132. The first-order valence-corrected chi connectivity index (χ1v) is 10.8. The van der Waals surface area contributed by atoms with Gasteiger partial charge in [-0.05, 0) is 37.0 Å². The fourth-order valence-corrected chi connectivity index (χ4v) is 6.04. The van der Waals surface area contributed by atoms with Crippen LogP contribution in [0, 0.1) is 31.1 Å². The Hall–Kier alpha value is -2.47. The molecule has 2 aliphatic rings. The van der Waals surface area contributed by atoms with Crippen molar-refractivity contribution < 1.29 is 9.59 Å². The Kier molecular flexibility index (Phi) is 3.85. The molecule has 1 saturated carbocycles. The second-order valence-electron chi connectivity index (χ2n) is 9.08. The maximum Gasteiger partial charge on any atom is 0.234 e. The predicted molar refractivity (Wildman–Crippen MR) is 119 cm³/mol. The van der Waals surface area contributed by atoms with Crippen molar-refractivity contribution in [2.45, 2.75) is 34.2 Å². The van der Waals surface area contributed by atoms with Crippen molar-refractivity contribution in [1.29, 1.82) is 0 Å². The Morgan fingerprint density at radius 3 is 2.48 bits per heavy atom. The van der Waals surface area contributed by atoms with Crippen LogP contribution in [0.5, 0.6) is 0 Å². The number of rotatable bonds is 3. The van der Waals surface area contributed by atoms with Crippen molar-refractivity contribution in [3.63, 3.8) is 0 Å². The summed E-state index contributed by atoms with van der Waals surface area (Å²) >= 11 is 1.64. The number of carbonyl (C=O) groups excluding carboxylic acids is 2. The normalized spacial score (nSPS) is 22.4. The summed E-state index contributed by atoms with van der Waals surface area (Å²) in [6, 6.07) is 8.51. The van der Waals surface area contributed by atoms with Gasteiger partial charge in [0.05, 0.1) is 28.6 Å². The molecule has 2 amide bonds. The van der Waals surface area contributed by atoms with Crippen LogP contribution in [0.1, 0.15) is 29.9 Å². The molecule has 29 heavy (non-hydrogen) atoms. The van der Waals surface area contributed by atoms with E-state index in [9.17, 15) is 9.59 Å². The van der Waals surface area contributed by atoms with E-state index >= 15 is 0 Å². The molecule has 1 aromatic carbocycles. The quantitative estimate of drug-likeness (QED) is 0.500. The van der Waals surface area contributed by atoms with Gasteiger partial charge < -0.3 is 0 Å². The number of piperidine rings is 1. The zero-order valence-corrected chi connectivity index (χ0v) is 18.2. The van der Waals surface area contributed by atoms with Crippen molar-refractivity contribution in [2.75, 3.05) is 0 Å². The first kappa shape index (κ1) is 18.6. The molecule has 0 N–H and O–H groups in total. The Labute approximate surface area is 175 Å². The minimum atomic E-state index is -0.167. The van der Waals surface area contributed by atoms with Crippen LogP contribution in [0.4, 0.5) is 0 Å². The summed E-state index contributed by atoms with van der Waals surface area (Å²) in [5, 5.41) is 0. The molecular weight excluding hydrogens is 379 g/mol. The lowest BCUT2D eigenvalue weighted by molar-refractivity contribution is -0.143. The number of pyridine rings is 1. The van der Waals surface area contributed by atoms with Gasteiger partial charge in [-0.15, -0.1) is 11.3 Å². The highest BCUT2D eigenvalue weighted by Crippen LogP contribution is 2.63. The molecule has 2 unspecified atom stereocenters. The highest BCUT2D eigenvalue weighted by atomic mass is 32.1. The van der Waals surface area contributed by atoms with Crippen molar-refractivity contribution in [1.82, 2.24) is 9.88 Å². The molecule has 6 heteroatoms. The topological polar surface area (TPSA) is 50.3 Å². The zero-order chi connectivity index (χ0) is 20.7. The van der Waals surface area contributed by atoms with Gasteiger partial charge >= 0.3 is 0 Å². The standard InChI is InChI=1S/C23H23BN2O2S/c1-11-7-12(2)19(24)15(8-11)14-5-6-25-16-9-13(29-20(14)16)10-26-21(27)17-18(22(26)28)23(17,3)4/h5-9,17-18H,10,24H2,1-4H3. The number of hydrogen-bond donors (Lipinski definition) is 0. The Morgan fingerprint density at radius 1 is 1.10 bits per heavy atom. The van der Waals surface area contributed by atoms with E-state index in [2.05, 4.69) is 44.9 Å².